The third-order valence-electron chi connectivity index (χ3n) is 12.0. The van der Waals surface area contributed by atoms with Gasteiger partial charge in [-0.15, -0.1) is 11.6 Å². The molecule has 3 atom stereocenters. The number of benzene rings is 4. The lowest BCUT2D eigenvalue weighted by atomic mass is 9.93. The van der Waals surface area contributed by atoms with Crippen molar-refractivity contribution >= 4 is 119 Å². The zero-order valence-electron chi connectivity index (χ0n) is 38.1. The molecule has 0 radical (unpaired) electrons. The number of ketones is 1. The number of nitrogens with zero attached hydrogens (tertiary/aromatic N) is 1. The molecular formula is C50H55ClN8O7S2. The first-order chi connectivity index (χ1) is 32.7. The van der Waals surface area contributed by atoms with E-state index in [9.17, 15) is 28.8 Å². The second-order valence-corrected chi connectivity index (χ2v) is 20.1. The van der Waals surface area contributed by atoms with E-state index in [1.807, 2.05) is 67.6 Å². The van der Waals surface area contributed by atoms with Crippen molar-refractivity contribution in [1.82, 2.24) is 15.6 Å². The second kappa shape index (κ2) is 22.7. The Morgan fingerprint density at radius 3 is 2.43 bits per heavy atom. The Labute approximate surface area is 407 Å². The quantitative estimate of drug-likeness (QED) is 0.00706. The molecule has 0 saturated heterocycles. The minimum atomic E-state index is -0.460. The van der Waals surface area contributed by atoms with E-state index in [2.05, 4.69) is 26.3 Å². The van der Waals surface area contributed by atoms with Gasteiger partial charge in [-0.3, -0.25) is 34.2 Å². The van der Waals surface area contributed by atoms with E-state index in [0.717, 1.165) is 38.4 Å². The van der Waals surface area contributed by atoms with Crippen LogP contribution in [0.1, 0.15) is 79.6 Å². The Kier molecular flexibility index (Phi) is 16.5. The van der Waals surface area contributed by atoms with Crippen LogP contribution >= 0.6 is 33.2 Å². The third-order valence-corrected chi connectivity index (χ3v) is 14.7. The van der Waals surface area contributed by atoms with Gasteiger partial charge in [-0.2, -0.15) is 0 Å². The summed E-state index contributed by atoms with van der Waals surface area (Å²) < 4.78 is 5.58. The normalized spacial score (nSPS) is 14.7. The van der Waals surface area contributed by atoms with Crippen molar-refractivity contribution in [2.45, 2.75) is 58.8 Å². The summed E-state index contributed by atoms with van der Waals surface area (Å²) in [5, 5.41) is 21.1. The van der Waals surface area contributed by atoms with Crippen LogP contribution in [-0.4, -0.2) is 83.3 Å². The minimum absolute atomic E-state index is 0.0421. The highest BCUT2D eigenvalue weighted by Crippen LogP contribution is 2.46. The summed E-state index contributed by atoms with van der Waals surface area (Å²) in [7, 11) is 3.11. The highest BCUT2D eigenvalue weighted by atomic mass is 35.5. The predicted octanol–water partition coefficient (Wildman–Crippen LogP) is 8.13. The average Bonchev–Trinajstić information content (AvgIpc) is 4.05. The lowest BCUT2D eigenvalue weighted by Crippen LogP contribution is -2.33. The molecule has 1 aliphatic heterocycles. The van der Waals surface area contributed by atoms with Gasteiger partial charge in [0.05, 0.1) is 5.69 Å². The number of Topliss-reactive ketones (excluding diaryl/α,β-unsaturated/α-hetero) is 1. The van der Waals surface area contributed by atoms with Crippen LogP contribution in [0, 0.1) is 17.2 Å². The van der Waals surface area contributed by atoms with Crippen LogP contribution in [0.5, 0.6) is 5.75 Å². The monoisotopic (exact) mass is 978 g/mol. The van der Waals surface area contributed by atoms with Crippen molar-refractivity contribution in [3.63, 3.8) is 0 Å². The number of H-pyrrole nitrogens is 1. The number of fused-ring (bicyclic) bond motifs is 5. The molecule has 0 bridgehead atoms. The molecule has 68 heavy (non-hydrogen) atoms. The number of guanidine groups is 1. The number of aromatic amines is 1. The first-order valence-corrected chi connectivity index (χ1v) is 25.5. The number of nitrogens with one attached hydrogen (secondary N) is 6. The van der Waals surface area contributed by atoms with Crippen molar-refractivity contribution in [1.29, 1.82) is 5.41 Å². The standard InChI is InChI=1S/C50H55ClN8O7S2/c1-28(7-6-15-55-50(52)53)43(61)19-29(2)47(63)54-16-18-68-67-17-14-45(62)56-36-11-10-31-20-34(21-32(31)22-36)48(64)57-37-12-13-40-33(23-37)24-41(58-40)49(65)59-27-35(26-51)46-39-9-5-4-8-38(39)44(25-42(46)59)66-30(3)60/h4-5,8-13,21-25,28-29,35,58H,6-7,14-20,26-27H2,1-3H3,(H,54,63)(H,56,62)(H,57,64)(H4,52,53,55)/t28-,29+,35?/m0/s1. The van der Waals surface area contributed by atoms with Crippen LogP contribution in [0.25, 0.3) is 27.8 Å². The van der Waals surface area contributed by atoms with E-state index in [0.29, 0.717) is 96.8 Å². The van der Waals surface area contributed by atoms with Crippen LogP contribution in [-0.2, 0) is 30.4 Å². The molecule has 2 heterocycles. The van der Waals surface area contributed by atoms with E-state index in [1.165, 1.54) is 6.92 Å². The summed E-state index contributed by atoms with van der Waals surface area (Å²) in [6, 6.07) is 22.1. The summed E-state index contributed by atoms with van der Waals surface area (Å²) >= 11 is 6.46. The maximum absolute atomic E-state index is 14.1. The molecule has 356 valence electrons. The largest absolute Gasteiger partial charge is 0.426 e. The second-order valence-electron chi connectivity index (χ2n) is 17.1. The molecule has 8 N–H and O–H groups in total. The number of rotatable bonds is 21. The van der Waals surface area contributed by atoms with Crippen molar-refractivity contribution in [2.75, 3.05) is 52.6 Å². The molecule has 18 heteroatoms. The molecule has 15 nitrogen and oxygen atoms in total. The van der Waals surface area contributed by atoms with Crippen LogP contribution < -0.4 is 36.6 Å². The molecule has 1 unspecified atom stereocenters. The number of esters is 1. The molecule has 5 aromatic rings. The summed E-state index contributed by atoms with van der Waals surface area (Å²) in [4.78, 5) is 82.4. The van der Waals surface area contributed by atoms with Crippen molar-refractivity contribution in [3.05, 3.63) is 101 Å². The summed E-state index contributed by atoms with van der Waals surface area (Å²) in [5.41, 5.74) is 11.5. The van der Waals surface area contributed by atoms with Crippen LogP contribution in [0.3, 0.4) is 0 Å². The first-order valence-electron chi connectivity index (χ1n) is 22.5. The van der Waals surface area contributed by atoms with Gasteiger partial charge in [0, 0.05) is 120 Å². The molecular weight excluding hydrogens is 924 g/mol. The van der Waals surface area contributed by atoms with Gasteiger partial charge in [0.2, 0.25) is 11.8 Å². The predicted molar refractivity (Wildman–Crippen MR) is 274 cm³/mol. The van der Waals surface area contributed by atoms with E-state index in [-0.39, 0.29) is 53.6 Å². The average molecular weight is 980 g/mol. The molecule has 4 aromatic carbocycles. The number of aromatic nitrogens is 1. The molecule has 0 saturated carbocycles. The van der Waals surface area contributed by atoms with Gasteiger partial charge in [-0.05, 0) is 77.4 Å². The van der Waals surface area contributed by atoms with Gasteiger partial charge >= 0.3 is 5.97 Å². The number of hydrogen-bond donors (Lipinski definition) is 7. The van der Waals surface area contributed by atoms with Crippen molar-refractivity contribution < 1.29 is 33.5 Å². The number of ether oxygens (including phenoxy) is 1. The number of anilines is 3. The zero-order valence-corrected chi connectivity index (χ0v) is 40.5. The van der Waals surface area contributed by atoms with E-state index >= 15 is 0 Å². The lowest BCUT2D eigenvalue weighted by Gasteiger charge is -2.18. The summed E-state index contributed by atoms with van der Waals surface area (Å²) in [6.45, 7) is 6.29. The van der Waals surface area contributed by atoms with E-state index in [4.69, 9.17) is 27.5 Å². The molecule has 0 fully saturated rings. The number of carbonyl (C=O) groups is 6. The topological polar surface area (TPSA) is 229 Å². The number of alkyl halides is 1. The van der Waals surface area contributed by atoms with E-state index < -0.39 is 11.9 Å². The van der Waals surface area contributed by atoms with Crippen molar-refractivity contribution in [3.8, 4) is 5.75 Å². The first kappa shape index (κ1) is 49.6. The highest BCUT2D eigenvalue weighted by molar-refractivity contribution is 8.76. The lowest BCUT2D eigenvalue weighted by molar-refractivity contribution is -0.131. The van der Waals surface area contributed by atoms with Gasteiger partial charge in [0.25, 0.3) is 11.8 Å². The number of amides is 4. The Morgan fingerprint density at radius 1 is 0.912 bits per heavy atom. The van der Waals surface area contributed by atoms with Crippen molar-refractivity contribution in [2.24, 2.45) is 17.6 Å². The van der Waals surface area contributed by atoms with Gasteiger partial charge in [0.1, 0.15) is 17.2 Å². The Hall–Kier alpha value is -6.30. The SMILES string of the molecule is CC(=O)Oc1cc2c(c3ccccc13)C(CCl)CN2C(=O)c1cc2cc(NC(=O)C3=Cc4cc(NC(=O)CCSSCCNC(=O)[C@H](C)CC(=O)[C@@H](C)CCCNC(=N)N)ccc4C3)ccc2[nH]1. The molecule has 0 spiro atoms. The van der Waals surface area contributed by atoms with Gasteiger partial charge in [0.15, 0.2) is 5.96 Å². The fourth-order valence-electron chi connectivity index (χ4n) is 8.46. The Balaban J connectivity index is 0.857. The minimum Gasteiger partial charge on any atom is -0.426 e. The van der Waals surface area contributed by atoms with Crippen LogP contribution in [0.2, 0.25) is 0 Å². The van der Waals surface area contributed by atoms with Gasteiger partial charge in [-0.1, -0.05) is 65.8 Å². The fourth-order valence-corrected chi connectivity index (χ4v) is 10.6. The Bertz CT molecular complexity index is 2810. The van der Waals surface area contributed by atoms with Gasteiger partial charge < -0.3 is 41.6 Å². The molecule has 1 aromatic heterocycles. The molecule has 7 rings (SSSR count). The number of carbonyl (C=O) groups excluding carboxylic acids is 6. The summed E-state index contributed by atoms with van der Waals surface area (Å²) in [5.74, 6) is -0.150. The van der Waals surface area contributed by atoms with Crippen LogP contribution in [0.4, 0.5) is 17.1 Å². The maximum Gasteiger partial charge on any atom is 0.308 e. The summed E-state index contributed by atoms with van der Waals surface area (Å²) in [6.07, 6.45) is 4.10. The number of halogens is 1. The fraction of sp³-hybridized carbons (Fsp3) is 0.340. The van der Waals surface area contributed by atoms with E-state index in [1.54, 1.807) is 51.6 Å². The smallest absolute Gasteiger partial charge is 0.308 e. The molecule has 4 amide bonds. The molecule has 2 aliphatic rings. The molecule has 1 aliphatic carbocycles. The highest BCUT2D eigenvalue weighted by Gasteiger charge is 2.36. The number of hydrogen-bond acceptors (Lipinski definition) is 10. The Morgan fingerprint density at radius 2 is 1.66 bits per heavy atom. The van der Waals surface area contributed by atoms with Crippen LogP contribution in [0.15, 0.2) is 78.4 Å². The van der Waals surface area contributed by atoms with Gasteiger partial charge in [-0.25, -0.2) is 0 Å². The third kappa shape index (κ3) is 12.2. The maximum atomic E-state index is 14.1. The zero-order chi connectivity index (χ0) is 48.5. The number of nitrogens with two attached hydrogens (primary N) is 1.